The molecule has 2 saturated heterocycles. The Hall–Kier alpha value is -6.17. The van der Waals surface area contributed by atoms with E-state index in [0.29, 0.717) is 70.5 Å². The second-order valence-corrected chi connectivity index (χ2v) is 13.3. The summed E-state index contributed by atoms with van der Waals surface area (Å²) in [5.41, 5.74) is 3.07. The van der Waals surface area contributed by atoms with E-state index in [4.69, 9.17) is 16.3 Å². The molecule has 4 heterocycles. The van der Waals surface area contributed by atoms with Gasteiger partial charge in [0.25, 0.3) is 0 Å². The maximum absolute atomic E-state index is 14.1. The summed E-state index contributed by atoms with van der Waals surface area (Å²) in [7, 11) is 1.62. The number of hydrogen-bond donors (Lipinski definition) is 3. The molecule has 278 valence electrons. The van der Waals surface area contributed by atoms with Gasteiger partial charge in [0.2, 0.25) is 11.8 Å². The number of hydrogen-bond acceptors (Lipinski definition) is 10. The lowest BCUT2D eigenvalue weighted by atomic mass is 10.0. The summed E-state index contributed by atoms with van der Waals surface area (Å²) < 4.78 is 6.50. The second kappa shape index (κ2) is 15.4. The molecule has 0 saturated carbocycles. The number of halogens is 1. The van der Waals surface area contributed by atoms with Crippen molar-refractivity contribution in [1.29, 1.82) is 0 Å². The zero-order valence-corrected chi connectivity index (χ0v) is 29.8. The first-order chi connectivity index (χ1) is 26.1. The topological polar surface area (TPSA) is 199 Å². The van der Waals surface area contributed by atoms with Crippen molar-refractivity contribution in [3.8, 4) is 5.69 Å². The van der Waals surface area contributed by atoms with Crippen LogP contribution >= 0.6 is 11.6 Å². The lowest BCUT2D eigenvalue weighted by Gasteiger charge is -2.38. The Morgan fingerprint density at radius 1 is 0.944 bits per heavy atom. The van der Waals surface area contributed by atoms with Gasteiger partial charge in [-0.1, -0.05) is 23.7 Å². The number of carboxylic acid groups (broad SMARTS) is 1. The number of aromatic nitrogens is 5. The van der Waals surface area contributed by atoms with Gasteiger partial charge in [-0.15, -0.1) is 5.10 Å². The van der Waals surface area contributed by atoms with Gasteiger partial charge in [-0.2, -0.15) is 4.68 Å². The predicted octanol–water partition coefficient (Wildman–Crippen LogP) is 2.22. The Morgan fingerprint density at radius 2 is 1.74 bits per heavy atom. The SMILES string of the molecule is COCCN1CCN(c2ccc(CC(C(=O)Nc3ccc4[nH]c(C(=O)O)cc4c3)N3CCN(c4cc(Cl)ccc4-n4cnnn4)C(=O)C3=O)cc2)C(=O)C1. The van der Waals surface area contributed by atoms with Crippen molar-refractivity contribution in [2.75, 3.05) is 68.1 Å². The smallest absolute Gasteiger partial charge is 0.352 e. The standard InChI is InChI=1S/C36H35ClN10O7/c1-54-15-14-43-10-11-44(32(48)20-43)26-6-2-22(3-7-26)16-31(33(49)39-25-5-8-27-23(17-25)18-28(40-27)36(52)53)46-13-12-45(34(50)35(46)51)30-19-24(37)4-9-29(30)47-21-38-41-42-47/h2-9,17-19,21,31,40H,10-16,20H2,1H3,(H,39,49)(H,52,53). The molecule has 17 nitrogen and oxygen atoms in total. The minimum absolute atomic E-state index is 0.00295. The van der Waals surface area contributed by atoms with Crippen molar-refractivity contribution in [2.45, 2.75) is 12.5 Å². The van der Waals surface area contributed by atoms with Crippen LogP contribution in [0.2, 0.25) is 5.02 Å². The van der Waals surface area contributed by atoms with Crippen LogP contribution in [0.4, 0.5) is 17.1 Å². The number of aromatic amines is 1. The highest BCUT2D eigenvalue weighted by Gasteiger charge is 2.41. The number of benzene rings is 3. The van der Waals surface area contributed by atoms with Crippen molar-refractivity contribution < 1.29 is 33.8 Å². The lowest BCUT2D eigenvalue weighted by Crippen LogP contribution is -2.60. The molecule has 3 N–H and O–H groups in total. The molecule has 0 radical (unpaired) electrons. The summed E-state index contributed by atoms with van der Waals surface area (Å²) in [4.78, 5) is 75.5. The highest BCUT2D eigenvalue weighted by Crippen LogP contribution is 2.30. The summed E-state index contributed by atoms with van der Waals surface area (Å²) in [6, 6.07) is 17.2. The van der Waals surface area contributed by atoms with Gasteiger partial charge in [-0.3, -0.25) is 24.1 Å². The number of piperazine rings is 2. The van der Waals surface area contributed by atoms with Gasteiger partial charge in [0, 0.05) is 73.6 Å². The number of ether oxygens (including phenoxy) is 1. The Labute approximate surface area is 313 Å². The fraction of sp³-hybridized carbons (Fsp3) is 0.278. The third kappa shape index (κ3) is 7.50. The molecule has 3 aromatic carbocycles. The van der Waals surface area contributed by atoms with E-state index in [2.05, 4.69) is 25.8 Å². The van der Waals surface area contributed by atoms with Crippen molar-refractivity contribution in [1.82, 2.24) is 35.0 Å². The zero-order chi connectivity index (χ0) is 37.9. The van der Waals surface area contributed by atoms with E-state index in [1.165, 1.54) is 26.9 Å². The van der Waals surface area contributed by atoms with Crippen LogP contribution in [0, 0.1) is 0 Å². The Morgan fingerprint density at radius 3 is 2.46 bits per heavy atom. The number of aromatic carboxylic acids is 1. The average Bonchev–Trinajstić information content (AvgIpc) is 3.86. The number of anilines is 3. The number of fused-ring (bicyclic) bond motifs is 1. The van der Waals surface area contributed by atoms with Crippen LogP contribution in [0.3, 0.4) is 0 Å². The summed E-state index contributed by atoms with van der Waals surface area (Å²) in [5, 5.41) is 24.4. The largest absolute Gasteiger partial charge is 0.477 e. The van der Waals surface area contributed by atoms with Crippen molar-refractivity contribution in [3.63, 3.8) is 0 Å². The van der Waals surface area contributed by atoms with Gasteiger partial charge in [-0.25, -0.2) is 4.79 Å². The molecular formula is C36H35ClN10O7. The molecule has 2 aliphatic rings. The second-order valence-electron chi connectivity index (χ2n) is 12.8. The lowest BCUT2D eigenvalue weighted by molar-refractivity contribution is -0.149. The number of rotatable bonds is 12. The number of nitrogens with zero attached hydrogens (tertiary/aromatic N) is 8. The van der Waals surface area contributed by atoms with E-state index in [0.717, 1.165) is 0 Å². The van der Waals surface area contributed by atoms with Gasteiger partial charge >= 0.3 is 17.8 Å². The molecule has 54 heavy (non-hydrogen) atoms. The first-order valence-corrected chi connectivity index (χ1v) is 17.4. The third-order valence-corrected chi connectivity index (χ3v) is 9.70. The molecule has 2 aromatic heterocycles. The van der Waals surface area contributed by atoms with Gasteiger partial charge in [0.1, 0.15) is 18.1 Å². The number of methoxy groups -OCH3 is 1. The molecule has 5 aromatic rings. The molecule has 18 heteroatoms. The summed E-state index contributed by atoms with van der Waals surface area (Å²) in [6.45, 7) is 2.71. The van der Waals surface area contributed by atoms with Crippen molar-refractivity contribution >= 4 is 69.2 Å². The third-order valence-electron chi connectivity index (χ3n) is 9.46. The van der Waals surface area contributed by atoms with E-state index in [1.807, 2.05) is 4.90 Å². The highest BCUT2D eigenvalue weighted by atomic mass is 35.5. The van der Waals surface area contributed by atoms with Gasteiger partial charge in [0.15, 0.2) is 0 Å². The molecule has 0 bridgehead atoms. The van der Waals surface area contributed by atoms with Crippen LogP contribution in [0.1, 0.15) is 16.1 Å². The minimum atomic E-state index is -1.13. The van der Waals surface area contributed by atoms with Crippen LogP contribution in [0.15, 0.2) is 73.1 Å². The first kappa shape index (κ1) is 36.2. The number of H-pyrrole nitrogens is 1. The fourth-order valence-corrected chi connectivity index (χ4v) is 6.86. The maximum Gasteiger partial charge on any atom is 0.352 e. The molecule has 1 atom stereocenters. The quantitative estimate of drug-likeness (QED) is 0.158. The Balaban J connectivity index is 1.14. The average molecular weight is 755 g/mol. The Bertz CT molecular complexity index is 2230. The Kier molecular flexibility index (Phi) is 10.3. The van der Waals surface area contributed by atoms with Crippen molar-refractivity contribution in [2.24, 2.45) is 0 Å². The van der Waals surface area contributed by atoms with Crippen molar-refractivity contribution in [3.05, 3.63) is 89.3 Å². The fourth-order valence-electron chi connectivity index (χ4n) is 6.69. The number of tetrazole rings is 1. The van der Waals surface area contributed by atoms with E-state index in [9.17, 15) is 29.1 Å². The molecule has 2 aliphatic heterocycles. The molecule has 4 amide bonds. The summed E-state index contributed by atoms with van der Waals surface area (Å²) in [6.07, 6.45) is 1.40. The van der Waals surface area contributed by atoms with E-state index < -0.39 is 29.7 Å². The molecule has 0 spiro atoms. The van der Waals surface area contributed by atoms with E-state index in [-0.39, 0.29) is 37.7 Å². The molecule has 0 aliphatic carbocycles. The number of nitrogens with one attached hydrogen (secondary N) is 2. The minimum Gasteiger partial charge on any atom is -0.477 e. The number of carbonyl (C=O) groups excluding carboxylic acids is 4. The monoisotopic (exact) mass is 754 g/mol. The van der Waals surface area contributed by atoms with E-state index >= 15 is 0 Å². The first-order valence-electron chi connectivity index (χ1n) is 17.0. The van der Waals surface area contributed by atoms with Crippen LogP contribution in [-0.2, 0) is 30.3 Å². The van der Waals surface area contributed by atoms with Gasteiger partial charge in [0.05, 0.1) is 24.5 Å². The molecule has 7 rings (SSSR count). The number of carbonyl (C=O) groups is 5. The normalized spacial score (nSPS) is 16.0. The summed E-state index contributed by atoms with van der Waals surface area (Å²) >= 11 is 6.31. The predicted molar refractivity (Wildman–Crippen MR) is 197 cm³/mol. The van der Waals surface area contributed by atoms with Crippen LogP contribution < -0.4 is 15.1 Å². The number of carboxylic acids is 1. The van der Waals surface area contributed by atoms with Crippen LogP contribution in [0.5, 0.6) is 0 Å². The molecule has 2 fully saturated rings. The van der Waals surface area contributed by atoms with Gasteiger partial charge < -0.3 is 34.8 Å². The highest BCUT2D eigenvalue weighted by molar-refractivity contribution is 6.41. The number of amides is 4. The van der Waals surface area contributed by atoms with E-state index in [1.54, 1.807) is 72.7 Å². The van der Waals surface area contributed by atoms with Crippen LogP contribution in [-0.4, -0.2) is 129 Å². The molecular weight excluding hydrogens is 720 g/mol. The molecule has 1 unspecified atom stereocenters. The zero-order valence-electron chi connectivity index (χ0n) is 29.0. The van der Waals surface area contributed by atoms with Gasteiger partial charge in [-0.05, 0) is 70.6 Å². The van der Waals surface area contributed by atoms with Crippen LogP contribution in [0.25, 0.3) is 16.6 Å². The summed E-state index contributed by atoms with van der Waals surface area (Å²) in [5.74, 6) is -3.49. The maximum atomic E-state index is 14.1.